The number of carbonyl (C=O) groups excluding carboxylic acids is 3. The molecule has 0 unspecified atom stereocenters. The van der Waals surface area contributed by atoms with Crippen molar-refractivity contribution < 1.29 is 23.7 Å². The van der Waals surface area contributed by atoms with E-state index in [1.165, 1.54) is 12.8 Å². The van der Waals surface area contributed by atoms with Crippen molar-refractivity contribution >= 4 is 35.6 Å². The minimum Gasteiger partial charge on any atom is -0.404 e. The number of carbonyl (C=O) groups is 3. The van der Waals surface area contributed by atoms with Gasteiger partial charge in [-0.2, -0.15) is 0 Å². The molecule has 7 fully saturated rings. The first-order valence-corrected chi connectivity index (χ1v) is 21.7. The molecule has 3 aliphatic heterocycles. The molecule has 2 bridgehead atoms. The van der Waals surface area contributed by atoms with Crippen molar-refractivity contribution in [2.75, 3.05) is 26.2 Å². The van der Waals surface area contributed by atoms with E-state index in [1.54, 1.807) is 0 Å². The van der Waals surface area contributed by atoms with E-state index in [4.69, 9.17) is 15.0 Å². The number of benzene rings is 2. The molecule has 2 aromatic carbocycles. The van der Waals surface area contributed by atoms with Gasteiger partial charge in [-0.15, -0.1) is 0 Å². The molecule has 298 valence electrons. The van der Waals surface area contributed by atoms with Crippen molar-refractivity contribution in [3.63, 3.8) is 0 Å². The Morgan fingerprint density at radius 2 is 1.67 bits per heavy atom. The molecule has 0 spiro atoms. The Kier molecular flexibility index (Phi) is 11.4. The molecule has 7 aliphatic rings. The smallest absolute Gasteiger partial charge is 0.404 e. The molecule has 4 N–H and O–H groups in total. The molecule has 3 heterocycles. The van der Waals surface area contributed by atoms with Gasteiger partial charge in [0, 0.05) is 18.2 Å². The van der Waals surface area contributed by atoms with Crippen LogP contribution in [0.15, 0.2) is 42.5 Å². The monoisotopic (exact) mass is 754 g/mol. The highest BCUT2D eigenvalue weighted by Crippen LogP contribution is 2.65. The molecule has 4 saturated carbocycles. The number of hydrogen-bond donors (Lipinski definition) is 3. The van der Waals surface area contributed by atoms with E-state index in [9.17, 15) is 9.59 Å². The normalized spacial score (nSPS) is 31.7. The summed E-state index contributed by atoms with van der Waals surface area (Å²) >= 11 is 0. The highest BCUT2D eigenvalue weighted by atomic mass is 16.7. The molecular formula is C44H64BN5O5. The van der Waals surface area contributed by atoms with Crippen LogP contribution in [0.4, 0.5) is 0 Å². The maximum atomic E-state index is 15.0. The number of nitrogens with zero attached hydrogens (tertiary/aromatic N) is 2. The molecule has 10 nitrogen and oxygen atoms in total. The lowest BCUT2D eigenvalue weighted by Crippen LogP contribution is -2.65. The third-order valence-electron chi connectivity index (χ3n) is 15.0. The van der Waals surface area contributed by atoms with Gasteiger partial charge in [0.05, 0.1) is 17.6 Å². The Bertz CT molecular complexity index is 1710. The number of fused-ring (bicyclic) bond motifs is 1. The van der Waals surface area contributed by atoms with Gasteiger partial charge in [0.25, 0.3) is 5.91 Å². The van der Waals surface area contributed by atoms with Gasteiger partial charge in [0.2, 0.25) is 11.8 Å². The zero-order chi connectivity index (χ0) is 38.3. The van der Waals surface area contributed by atoms with Crippen molar-refractivity contribution in [3.8, 4) is 0 Å². The van der Waals surface area contributed by atoms with Gasteiger partial charge < -0.3 is 30.6 Å². The predicted molar refractivity (Wildman–Crippen MR) is 216 cm³/mol. The van der Waals surface area contributed by atoms with Crippen molar-refractivity contribution in [2.45, 2.75) is 146 Å². The molecule has 4 aliphatic carbocycles. The highest BCUT2D eigenvalue weighted by Gasteiger charge is 2.68. The average molecular weight is 754 g/mol. The topological polar surface area (TPSA) is 126 Å². The minimum atomic E-state index is -0.718. The van der Waals surface area contributed by atoms with Crippen molar-refractivity contribution in [3.05, 3.63) is 48.0 Å². The standard InChI is InChI=1S/C44H64BN5O5/c1-43(2)33-25-37(43)44(3)38(26-33)54-45(55-44)39(17-12-20-46)48-41(52)36-27-34(49-21-10-5-11-22-49)28-50(36)42(53)35(23-29-13-6-4-7-14-29)47-40(51)32-19-18-30-15-8-9-16-31(30)24-32/h8-9,15-16,18-19,24,29,33-39H,4-7,10-14,17,20-23,25-28,46H2,1-3H3,(H,47,51)(H,48,52)/t33-,34+,35+,36-,37-,38+,39-,44-/m0/s1. The molecule has 8 atom stereocenters. The van der Waals surface area contributed by atoms with Crippen LogP contribution < -0.4 is 16.4 Å². The van der Waals surface area contributed by atoms with E-state index in [-0.39, 0.29) is 46.8 Å². The number of hydrogen-bond acceptors (Lipinski definition) is 7. The lowest BCUT2D eigenvalue weighted by Gasteiger charge is -2.64. The maximum Gasteiger partial charge on any atom is 0.481 e. The van der Waals surface area contributed by atoms with E-state index < -0.39 is 19.2 Å². The second-order valence-electron chi connectivity index (χ2n) is 18.7. The summed E-state index contributed by atoms with van der Waals surface area (Å²) in [4.78, 5) is 48.0. The summed E-state index contributed by atoms with van der Waals surface area (Å²) in [5, 5.41) is 8.64. The first kappa shape index (κ1) is 38.9. The third-order valence-corrected chi connectivity index (χ3v) is 15.0. The zero-order valence-electron chi connectivity index (χ0n) is 33.5. The van der Waals surface area contributed by atoms with Gasteiger partial charge in [0.15, 0.2) is 0 Å². The fourth-order valence-electron chi connectivity index (χ4n) is 11.6. The van der Waals surface area contributed by atoms with Crippen LogP contribution in [0.5, 0.6) is 0 Å². The van der Waals surface area contributed by atoms with Crippen molar-refractivity contribution in [2.24, 2.45) is 28.9 Å². The lowest BCUT2D eigenvalue weighted by molar-refractivity contribution is -0.199. The Morgan fingerprint density at radius 3 is 2.42 bits per heavy atom. The highest BCUT2D eigenvalue weighted by molar-refractivity contribution is 6.48. The molecule has 11 heteroatoms. The number of nitrogens with two attached hydrogens (primary N) is 1. The van der Waals surface area contributed by atoms with Gasteiger partial charge in [0.1, 0.15) is 12.1 Å². The molecule has 9 rings (SSSR count). The fraction of sp³-hybridized carbons (Fsp3) is 0.705. The van der Waals surface area contributed by atoms with Gasteiger partial charge in [-0.25, -0.2) is 0 Å². The van der Waals surface area contributed by atoms with Gasteiger partial charge in [-0.3, -0.25) is 19.3 Å². The second-order valence-corrected chi connectivity index (χ2v) is 18.7. The molecule has 2 aromatic rings. The summed E-state index contributed by atoms with van der Waals surface area (Å²) in [6.45, 7) is 9.86. The minimum absolute atomic E-state index is 0.00588. The first-order chi connectivity index (χ1) is 26.5. The van der Waals surface area contributed by atoms with Crippen LogP contribution >= 0.6 is 0 Å². The Balaban J connectivity index is 1.04. The first-order valence-electron chi connectivity index (χ1n) is 21.7. The van der Waals surface area contributed by atoms with E-state index in [1.807, 2.05) is 47.4 Å². The van der Waals surface area contributed by atoms with Crippen molar-refractivity contribution in [1.82, 2.24) is 20.4 Å². The summed E-state index contributed by atoms with van der Waals surface area (Å²) in [5.74, 6) is 0.458. The number of nitrogens with one attached hydrogen (secondary N) is 2. The number of piperidine rings is 1. The quantitative estimate of drug-likeness (QED) is 0.232. The Morgan fingerprint density at radius 1 is 0.927 bits per heavy atom. The molecule has 3 saturated heterocycles. The van der Waals surface area contributed by atoms with Crippen LogP contribution in [-0.2, 0) is 18.9 Å². The number of rotatable bonds is 12. The average Bonchev–Trinajstić information content (AvgIpc) is 3.81. The zero-order valence-corrected chi connectivity index (χ0v) is 33.5. The molecule has 55 heavy (non-hydrogen) atoms. The van der Waals surface area contributed by atoms with Gasteiger partial charge >= 0.3 is 7.12 Å². The summed E-state index contributed by atoms with van der Waals surface area (Å²) in [6, 6.07) is 12.4. The molecule has 0 radical (unpaired) electrons. The predicted octanol–water partition coefficient (Wildman–Crippen LogP) is 5.86. The molecule has 0 aromatic heterocycles. The SMILES string of the molecule is CC1(C)[C@@H]2C[C@H]3OB([C@H](CCCN)NC(=O)[C@@H]4C[C@@H](N5CCCCC5)CN4C(=O)[C@@H](CC4CCCCC4)NC(=O)c4ccc5ccccc5c4)O[C@@]3(C)[C@H]1C2. The van der Waals surface area contributed by atoms with Crippen LogP contribution in [0, 0.1) is 23.2 Å². The molecule has 3 amide bonds. The van der Waals surface area contributed by atoms with E-state index >= 15 is 4.79 Å². The van der Waals surface area contributed by atoms with Gasteiger partial charge in [-0.1, -0.05) is 82.7 Å². The fourth-order valence-corrected chi connectivity index (χ4v) is 11.6. The van der Waals surface area contributed by atoms with E-state index in [0.29, 0.717) is 55.7 Å². The Hall–Kier alpha value is -2.99. The van der Waals surface area contributed by atoms with Crippen LogP contribution in [0.3, 0.4) is 0 Å². The largest absolute Gasteiger partial charge is 0.481 e. The van der Waals surface area contributed by atoms with E-state index in [2.05, 4.69) is 36.3 Å². The third kappa shape index (κ3) is 7.72. The second kappa shape index (κ2) is 16.1. The molecular weight excluding hydrogens is 689 g/mol. The number of likely N-dealkylation sites (tertiary alicyclic amines) is 2. The maximum absolute atomic E-state index is 15.0. The summed E-state index contributed by atoms with van der Waals surface area (Å²) < 4.78 is 13.6. The van der Waals surface area contributed by atoms with E-state index in [0.717, 1.165) is 81.6 Å². The van der Waals surface area contributed by atoms with Gasteiger partial charge in [-0.05, 0) is 124 Å². The number of amides is 3. The lowest BCUT2D eigenvalue weighted by atomic mass is 9.43. The summed E-state index contributed by atoms with van der Waals surface area (Å²) in [5.41, 5.74) is 6.39. The summed E-state index contributed by atoms with van der Waals surface area (Å²) in [6.07, 6.45) is 13.7. The van der Waals surface area contributed by atoms with Crippen LogP contribution in [0.2, 0.25) is 0 Å². The Labute approximate surface area is 328 Å². The van der Waals surface area contributed by atoms with Crippen LogP contribution in [0.25, 0.3) is 10.8 Å². The van der Waals surface area contributed by atoms with Crippen LogP contribution in [-0.4, -0.2) is 96.6 Å². The van der Waals surface area contributed by atoms with Crippen LogP contribution in [0.1, 0.15) is 121 Å². The summed E-state index contributed by atoms with van der Waals surface area (Å²) in [7, 11) is -0.565. The van der Waals surface area contributed by atoms with Crippen molar-refractivity contribution in [1.29, 1.82) is 0 Å².